The van der Waals surface area contributed by atoms with Crippen molar-refractivity contribution in [2.24, 2.45) is 11.3 Å². The first-order chi connectivity index (χ1) is 16.7. The standard InChI is InChI=1S/C28H39NO6/c1-8-31-22-15-20(16-23(32-9-2)24(22)33-10-3)26(30)29-21-13-11-19(12-14-21)27-34-17-28(6,7)25(35-27)18(4)5/h11-16,18,25,27H,8-10,17H2,1-7H3,(H,29,30). The minimum absolute atomic E-state index is 0.0447. The second kappa shape index (κ2) is 11.8. The molecule has 1 fully saturated rings. The molecule has 35 heavy (non-hydrogen) atoms. The third-order valence-electron chi connectivity index (χ3n) is 5.86. The minimum atomic E-state index is -0.422. The molecule has 0 aromatic heterocycles. The number of ether oxygens (including phenoxy) is 5. The molecule has 7 nitrogen and oxygen atoms in total. The Morgan fingerprint density at radius 3 is 2.09 bits per heavy atom. The van der Waals surface area contributed by atoms with Crippen LogP contribution in [0.25, 0.3) is 0 Å². The van der Waals surface area contributed by atoms with E-state index >= 15 is 0 Å². The molecule has 3 rings (SSSR count). The van der Waals surface area contributed by atoms with E-state index in [1.54, 1.807) is 12.1 Å². The molecule has 0 saturated carbocycles. The monoisotopic (exact) mass is 485 g/mol. The largest absolute Gasteiger partial charge is 0.490 e. The zero-order valence-electron chi connectivity index (χ0n) is 22.0. The molecule has 0 radical (unpaired) electrons. The predicted octanol–water partition coefficient (Wildman–Crippen LogP) is 6.23. The van der Waals surface area contributed by atoms with Crippen molar-refractivity contribution in [2.45, 2.75) is 60.9 Å². The van der Waals surface area contributed by atoms with Gasteiger partial charge < -0.3 is 29.0 Å². The van der Waals surface area contributed by atoms with E-state index in [1.165, 1.54) is 0 Å². The first-order valence-corrected chi connectivity index (χ1v) is 12.4. The molecule has 7 heteroatoms. The maximum atomic E-state index is 13.1. The van der Waals surface area contributed by atoms with Crippen molar-refractivity contribution in [3.8, 4) is 17.2 Å². The second-order valence-electron chi connectivity index (χ2n) is 9.61. The van der Waals surface area contributed by atoms with Crippen LogP contribution in [-0.4, -0.2) is 38.4 Å². The first kappa shape index (κ1) is 26.8. The summed E-state index contributed by atoms with van der Waals surface area (Å²) in [5.74, 6) is 1.58. The highest BCUT2D eigenvalue weighted by Crippen LogP contribution is 2.41. The fourth-order valence-electron chi connectivity index (χ4n) is 4.41. The van der Waals surface area contributed by atoms with Crippen LogP contribution in [0, 0.1) is 11.3 Å². The number of rotatable bonds is 10. The third kappa shape index (κ3) is 6.47. The number of hydrogen-bond donors (Lipinski definition) is 1. The normalized spacial score (nSPS) is 19.3. The number of carbonyl (C=O) groups excluding carboxylic acids is 1. The first-order valence-electron chi connectivity index (χ1n) is 12.4. The van der Waals surface area contributed by atoms with Gasteiger partial charge in [0.2, 0.25) is 5.75 Å². The van der Waals surface area contributed by atoms with Crippen molar-refractivity contribution in [3.63, 3.8) is 0 Å². The molecule has 2 unspecified atom stereocenters. The fourth-order valence-corrected chi connectivity index (χ4v) is 4.41. The van der Waals surface area contributed by atoms with Crippen LogP contribution in [0.2, 0.25) is 0 Å². The van der Waals surface area contributed by atoms with Crippen LogP contribution in [0.4, 0.5) is 5.69 Å². The van der Waals surface area contributed by atoms with Gasteiger partial charge in [-0.3, -0.25) is 4.79 Å². The van der Waals surface area contributed by atoms with Gasteiger partial charge in [-0.15, -0.1) is 0 Å². The van der Waals surface area contributed by atoms with Crippen molar-refractivity contribution in [1.82, 2.24) is 0 Å². The van der Waals surface area contributed by atoms with Crippen LogP contribution >= 0.6 is 0 Å². The Balaban J connectivity index is 1.76. The van der Waals surface area contributed by atoms with Crippen molar-refractivity contribution < 1.29 is 28.5 Å². The Morgan fingerprint density at radius 1 is 1.00 bits per heavy atom. The molecule has 1 heterocycles. The lowest BCUT2D eigenvalue weighted by Crippen LogP contribution is -2.45. The highest BCUT2D eigenvalue weighted by atomic mass is 16.7. The van der Waals surface area contributed by atoms with Gasteiger partial charge in [-0.05, 0) is 51.0 Å². The highest BCUT2D eigenvalue weighted by molar-refractivity contribution is 6.05. The fraction of sp³-hybridized carbons (Fsp3) is 0.536. The molecule has 2 aromatic carbocycles. The number of hydrogen-bond acceptors (Lipinski definition) is 6. The summed E-state index contributed by atoms with van der Waals surface area (Å²) >= 11 is 0. The van der Waals surface area contributed by atoms with E-state index in [0.29, 0.717) is 60.8 Å². The number of nitrogens with one attached hydrogen (secondary N) is 1. The van der Waals surface area contributed by atoms with Crippen molar-refractivity contribution in [2.75, 3.05) is 31.7 Å². The van der Waals surface area contributed by atoms with Gasteiger partial charge in [0, 0.05) is 22.2 Å². The minimum Gasteiger partial charge on any atom is -0.490 e. The molecule has 2 aromatic rings. The summed E-state index contributed by atoms with van der Waals surface area (Å²) in [6.07, 6.45) is -0.326. The summed E-state index contributed by atoms with van der Waals surface area (Å²) in [7, 11) is 0. The maximum absolute atomic E-state index is 13.1. The lowest BCUT2D eigenvalue weighted by molar-refractivity contribution is -0.274. The molecule has 192 valence electrons. The third-order valence-corrected chi connectivity index (χ3v) is 5.86. The molecule has 0 bridgehead atoms. The average Bonchev–Trinajstić information content (AvgIpc) is 2.81. The smallest absolute Gasteiger partial charge is 0.255 e. The van der Waals surface area contributed by atoms with Gasteiger partial charge in [0.05, 0.1) is 32.5 Å². The summed E-state index contributed by atoms with van der Waals surface area (Å²) in [4.78, 5) is 13.1. The average molecular weight is 486 g/mol. The molecular weight excluding hydrogens is 446 g/mol. The van der Waals surface area contributed by atoms with Gasteiger partial charge >= 0.3 is 0 Å². The van der Waals surface area contributed by atoms with Crippen LogP contribution < -0.4 is 19.5 Å². The Labute approximate surface area is 209 Å². The topological polar surface area (TPSA) is 75.3 Å². The Bertz CT molecular complexity index is 958. The number of benzene rings is 2. The van der Waals surface area contributed by atoms with Crippen molar-refractivity contribution >= 4 is 11.6 Å². The van der Waals surface area contributed by atoms with E-state index in [4.69, 9.17) is 23.7 Å². The molecule has 0 spiro atoms. The maximum Gasteiger partial charge on any atom is 0.255 e. The van der Waals surface area contributed by atoms with Gasteiger partial charge in [0.1, 0.15) is 0 Å². The summed E-state index contributed by atoms with van der Waals surface area (Å²) < 4.78 is 29.5. The molecule has 1 N–H and O–H groups in total. The zero-order chi connectivity index (χ0) is 25.6. The van der Waals surface area contributed by atoms with Crippen LogP contribution in [0.1, 0.15) is 70.7 Å². The lowest BCUT2D eigenvalue weighted by Gasteiger charge is -2.44. The molecule has 1 saturated heterocycles. The quantitative estimate of drug-likeness (QED) is 0.430. The van der Waals surface area contributed by atoms with Crippen LogP contribution in [0.15, 0.2) is 36.4 Å². The van der Waals surface area contributed by atoms with E-state index in [-0.39, 0.29) is 17.4 Å². The summed E-state index contributed by atoms with van der Waals surface area (Å²) in [6.45, 7) is 16.3. The number of carbonyl (C=O) groups is 1. The SMILES string of the molecule is CCOc1cc(C(=O)Nc2ccc(C3OCC(C)(C)C(C(C)C)O3)cc2)cc(OCC)c1OCC. The predicted molar refractivity (Wildman–Crippen MR) is 137 cm³/mol. The van der Waals surface area contributed by atoms with Gasteiger partial charge in [-0.1, -0.05) is 39.8 Å². The summed E-state index contributed by atoms with van der Waals surface area (Å²) in [5, 5.41) is 2.95. The summed E-state index contributed by atoms with van der Waals surface area (Å²) in [6, 6.07) is 10.9. The molecule has 1 amide bonds. The van der Waals surface area contributed by atoms with E-state index in [2.05, 4.69) is 33.0 Å². The van der Waals surface area contributed by atoms with Gasteiger partial charge in [0.15, 0.2) is 17.8 Å². The molecule has 1 aliphatic rings. The Hall–Kier alpha value is -2.77. The van der Waals surface area contributed by atoms with Gasteiger partial charge in [-0.2, -0.15) is 0 Å². The Kier molecular flexibility index (Phi) is 9.03. The van der Waals surface area contributed by atoms with E-state index in [1.807, 2.05) is 45.0 Å². The zero-order valence-corrected chi connectivity index (χ0v) is 22.0. The second-order valence-corrected chi connectivity index (χ2v) is 9.61. The van der Waals surface area contributed by atoms with Crippen LogP contribution in [-0.2, 0) is 9.47 Å². The Morgan fingerprint density at radius 2 is 1.57 bits per heavy atom. The summed E-state index contributed by atoms with van der Waals surface area (Å²) in [5.41, 5.74) is 1.96. The lowest BCUT2D eigenvalue weighted by atomic mass is 9.80. The van der Waals surface area contributed by atoms with Gasteiger partial charge in [-0.25, -0.2) is 0 Å². The van der Waals surface area contributed by atoms with Crippen LogP contribution in [0.3, 0.4) is 0 Å². The van der Waals surface area contributed by atoms with Crippen molar-refractivity contribution in [1.29, 1.82) is 0 Å². The van der Waals surface area contributed by atoms with E-state index < -0.39 is 6.29 Å². The molecule has 2 atom stereocenters. The van der Waals surface area contributed by atoms with E-state index in [9.17, 15) is 4.79 Å². The van der Waals surface area contributed by atoms with Crippen molar-refractivity contribution in [3.05, 3.63) is 47.5 Å². The molecule has 1 aliphatic heterocycles. The molecular formula is C28H39NO6. The number of amides is 1. The number of anilines is 1. The highest BCUT2D eigenvalue weighted by Gasteiger charge is 2.40. The van der Waals surface area contributed by atoms with Gasteiger partial charge in [0.25, 0.3) is 5.91 Å². The van der Waals surface area contributed by atoms with E-state index in [0.717, 1.165) is 5.56 Å². The molecule has 0 aliphatic carbocycles. The van der Waals surface area contributed by atoms with Crippen LogP contribution in [0.5, 0.6) is 17.2 Å².